The van der Waals surface area contributed by atoms with Crippen molar-refractivity contribution in [1.29, 1.82) is 0 Å². The molecule has 0 radical (unpaired) electrons. The van der Waals surface area contributed by atoms with Gasteiger partial charge in [0.1, 0.15) is 11.9 Å². The molecule has 1 amide bonds. The van der Waals surface area contributed by atoms with Crippen molar-refractivity contribution in [2.75, 3.05) is 6.61 Å². The van der Waals surface area contributed by atoms with E-state index < -0.39 is 30.6 Å². The number of carboxylic acids is 1. The lowest BCUT2D eigenvalue weighted by Crippen LogP contribution is -2.48. The largest absolute Gasteiger partial charge is 0.481 e. The molecule has 4 unspecified atom stereocenters. The van der Waals surface area contributed by atoms with Gasteiger partial charge in [-0.15, -0.1) is 0 Å². The Morgan fingerprint density at radius 1 is 1.06 bits per heavy atom. The van der Waals surface area contributed by atoms with Gasteiger partial charge in [0.2, 0.25) is 5.91 Å². The van der Waals surface area contributed by atoms with Crippen LogP contribution in [0.4, 0.5) is 4.39 Å². The zero-order chi connectivity index (χ0) is 25.5. The minimum atomic E-state index is -1.12. The number of amides is 1. The van der Waals surface area contributed by atoms with Crippen LogP contribution in [0.3, 0.4) is 0 Å². The van der Waals surface area contributed by atoms with Crippen molar-refractivity contribution in [1.82, 2.24) is 21.2 Å². The number of hydrogen-bond acceptors (Lipinski definition) is 6. The maximum Gasteiger partial charge on any atom is 0.308 e. The molecule has 0 bridgehead atoms. The van der Waals surface area contributed by atoms with Crippen molar-refractivity contribution < 1.29 is 24.2 Å². The quantitative estimate of drug-likeness (QED) is 0.295. The Kier molecular flexibility index (Phi) is 8.37. The number of hydrogen-bond donors (Lipinski definition) is 5. The fraction of sp³-hybridized carbons (Fsp3) is 0.296. The summed E-state index contributed by atoms with van der Waals surface area (Å²) in [4.78, 5) is 28.9. The summed E-state index contributed by atoms with van der Waals surface area (Å²) < 4.78 is 13.6. The van der Waals surface area contributed by atoms with Crippen molar-refractivity contribution in [3.63, 3.8) is 0 Å². The molecule has 1 aliphatic heterocycles. The molecule has 1 aromatic heterocycles. The topological polar surface area (TPSA) is 124 Å². The number of nitrogens with zero attached hydrogens (tertiary/aromatic N) is 1. The fourth-order valence-corrected chi connectivity index (χ4v) is 4.38. The molecule has 2 heterocycles. The van der Waals surface area contributed by atoms with Crippen molar-refractivity contribution in [3.8, 4) is 11.1 Å². The molecule has 8 nitrogen and oxygen atoms in total. The highest BCUT2D eigenvalue weighted by Gasteiger charge is 2.32. The van der Waals surface area contributed by atoms with E-state index in [4.69, 9.17) is 0 Å². The molecule has 0 aliphatic carbocycles. The zero-order valence-corrected chi connectivity index (χ0v) is 19.6. The van der Waals surface area contributed by atoms with E-state index in [1.807, 2.05) is 48.5 Å². The van der Waals surface area contributed by atoms with E-state index in [9.17, 15) is 24.2 Å². The van der Waals surface area contributed by atoms with Gasteiger partial charge in [0.25, 0.3) is 0 Å². The van der Waals surface area contributed by atoms with Crippen LogP contribution < -0.4 is 16.2 Å². The van der Waals surface area contributed by atoms with Gasteiger partial charge in [-0.05, 0) is 60.2 Å². The number of rotatable bonds is 10. The molecule has 1 aliphatic rings. The lowest BCUT2D eigenvalue weighted by atomic mass is 9.94. The van der Waals surface area contributed by atoms with Crippen LogP contribution in [0.15, 0.2) is 72.9 Å². The van der Waals surface area contributed by atoms with Gasteiger partial charge in [0.15, 0.2) is 0 Å². The van der Waals surface area contributed by atoms with Crippen LogP contribution in [-0.2, 0) is 16.0 Å². The van der Waals surface area contributed by atoms with Crippen LogP contribution in [0, 0.1) is 11.7 Å². The summed E-state index contributed by atoms with van der Waals surface area (Å²) >= 11 is 0. The number of aliphatic hydroxyl groups excluding tert-OH is 1. The molecule has 9 heteroatoms. The molecular weight excluding hydrogens is 463 g/mol. The van der Waals surface area contributed by atoms with E-state index in [2.05, 4.69) is 21.2 Å². The number of hydrazine groups is 1. The maximum absolute atomic E-state index is 13.6. The second kappa shape index (κ2) is 11.9. The standard InChI is InChI=1S/C27H29FN4O4/c28-21-5-3-4-19(13-21)18-9-7-17(8-10-18)12-22(14-20(16-33)27(35)36)30-26(34)25-15-24(31-32-25)23-6-1-2-11-29-23/h1-11,13,20,22,24-25,31-33H,12,14-16H2,(H,30,34)(H,35,36). The molecule has 36 heavy (non-hydrogen) atoms. The minimum absolute atomic E-state index is 0.0764. The van der Waals surface area contributed by atoms with E-state index in [1.54, 1.807) is 12.3 Å². The fourth-order valence-electron chi connectivity index (χ4n) is 4.38. The Morgan fingerprint density at radius 3 is 2.53 bits per heavy atom. The first kappa shape index (κ1) is 25.4. The van der Waals surface area contributed by atoms with Gasteiger partial charge < -0.3 is 15.5 Å². The third-order valence-corrected chi connectivity index (χ3v) is 6.34. The van der Waals surface area contributed by atoms with Crippen LogP contribution >= 0.6 is 0 Å². The molecule has 3 aromatic rings. The molecule has 4 atom stereocenters. The van der Waals surface area contributed by atoms with E-state index in [1.165, 1.54) is 12.1 Å². The molecule has 5 N–H and O–H groups in total. The van der Waals surface area contributed by atoms with Crippen LogP contribution in [0.5, 0.6) is 0 Å². The molecule has 0 saturated carbocycles. The first-order valence-corrected chi connectivity index (χ1v) is 11.8. The second-order valence-electron chi connectivity index (χ2n) is 8.95. The summed E-state index contributed by atoms with van der Waals surface area (Å²) in [5, 5.41) is 22.0. The first-order valence-electron chi connectivity index (χ1n) is 11.8. The minimum Gasteiger partial charge on any atom is -0.481 e. The lowest BCUT2D eigenvalue weighted by Gasteiger charge is -2.23. The van der Waals surface area contributed by atoms with Crippen LogP contribution in [-0.4, -0.2) is 45.8 Å². The Bertz CT molecular complexity index is 1180. The third kappa shape index (κ3) is 6.51. The molecular formula is C27H29FN4O4. The van der Waals surface area contributed by atoms with Crippen molar-refractivity contribution in [2.45, 2.75) is 37.4 Å². The lowest BCUT2D eigenvalue weighted by molar-refractivity contribution is -0.143. The average molecular weight is 493 g/mol. The average Bonchev–Trinajstić information content (AvgIpc) is 3.39. The number of benzene rings is 2. The number of nitrogens with one attached hydrogen (secondary N) is 3. The molecule has 1 saturated heterocycles. The number of carbonyl (C=O) groups is 2. The van der Waals surface area contributed by atoms with Gasteiger partial charge in [0, 0.05) is 12.2 Å². The second-order valence-corrected chi connectivity index (χ2v) is 8.95. The van der Waals surface area contributed by atoms with Gasteiger partial charge >= 0.3 is 5.97 Å². The van der Waals surface area contributed by atoms with Crippen molar-refractivity contribution >= 4 is 11.9 Å². The summed E-state index contributed by atoms with van der Waals surface area (Å²) in [7, 11) is 0. The number of aliphatic hydroxyl groups is 1. The van der Waals surface area contributed by atoms with Crippen LogP contribution in [0.1, 0.15) is 30.1 Å². The summed E-state index contributed by atoms with van der Waals surface area (Å²) in [6.07, 6.45) is 2.64. The number of aromatic nitrogens is 1. The summed E-state index contributed by atoms with van der Waals surface area (Å²) in [5.41, 5.74) is 9.38. The molecule has 2 aromatic carbocycles. The molecule has 1 fully saturated rings. The highest BCUT2D eigenvalue weighted by molar-refractivity contribution is 5.82. The Labute approximate surface area is 208 Å². The predicted octanol–water partition coefficient (Wildman–Crippen LogP) is 2.61. The maximum atomic E-state index is 13.6. The molecule has 188 valence electrons. The van der Waals surface area contributed by atoms with E-state index in [0.29, 0.717) is 12.8 Å². The normalized spacial score (nSPS) is 18.9. The van der Waals surface area contributed by atoms with Crippen molar-refractivity contribution in [3.05, 3.63) is 90.0 Å². The number of carbonyl (C=O) groups excluding carboxylic acids is 1. The molecule has 4 rings (SSSR count). The summed E-state index contributed by atoms with van der Waals surface area (Å²) in [6, 6.07) is 18.2. The van der Waals surface area contributed by atoms with Crippen molar-refractivity contribution in [2.24, 2.45) is 5.92 Å². The van der Waals surface area contributed by atoms with E-state index >= 15 is 0 Å². The van der Waals surface area contributed by atoms with Gasteiger partial charge in [-0.25, -0.2) is 15.2 Å². The third-order valence-electron chi connectivity index (χ3n) is 6.34. The van der Waals surface area contributed by atoms with Gasteiger partial charge in [-0.1, -0.05) is 42.5 Å². The van der Waals surface area contributed by atoms with Gasteiger partial charge in [-0.2, -0.15) is 0 Å². The monoisotopic (exact) mass is 492 g/mol. The number of carboxylic acid groups (broad SMARTS) is 1. The summed E-state index contributed by atoms with van der Waals surface area (Å²) in [6.45, 7) is -0.523. The predicted molar refractivity (Wildman–Crippen MR) is 132 cm³/mol. The van der Waals surface area contributed by atoms with Crippen LogP contribution in [0.2, 0.25) is 0 Å². The number of halogens is 1. The number of aliphatic carboxylic acids is 1. The van der Waals surface area contributed by atoms with Crippen LogP contribution in [0.25, 0.3) is 11.1 Å². The SMILES string of the molecule is O=C(O)C(CO)CC(Cc1ccc(-c2cccc(F)c2)cc1)NC(=O)C1CC(c2ccccn2)NN1. The Morgan fingerprint density at radius 2 is 1.86 bits per heavy atom. The van der Waals surface area contributed by atoms with E-state index in [-0.39, 0.29) is 24.2 Å². The molecule has 0 spiro atoms. The highest BCUT2D eigenvalue weighted by Crippen LogP contribution is 2.23. The first-order chi connectivity index (χ1) is 17.4. The van der Waals surface area contributed by atoms with Gasteiger partial charge in [0.05, 0.1) is 24.3 Å². The highest BCUT2D eigenvalue weighted by atomic mass is 19.1. The van der Waals surface area contributed by atoms with E-state index in [0.717, 1.165) is 22.4 Å². The Balaban J connectivity index is 1.44. The Hall–Kier alpha value is -3.66. The zero-order valence-electron chi connectivity index (χ0n) is 19.6. The number of pyridine rings is 1. The van der Waals surface area contributed by atoms with Gasteiger partial charge in [-0.3, -0.25) is 14.6 Å². The smallest absolute Gasteiger partial charge is 0.308 e. The summed E-state index contributed by atoms with van der Waals surface area (Å²) in [5.74, 6) is -2.69.